The van der Waals surface area contributed by atoms with Crippen molar-refractivity contribution < 1.29 is 33.0 Å². The number of carboxylic acids is 1. The first-order chi connectivity index (χ1) is 12.0. The van der Waals surface area contributed by atoms with Gasteiger partial charge >= 0.3 is 12.1 Å². The number of rotatable bonds is 3. The van der Waals surface area contributed by atoms with Gasteiger partial charge in [0.15, 0.2) is 12.1 Å². The summed E-state index contributed by atoms with van der Waals surface area (Å²) in [6, 6.07) is 0.630. The number of aldehydes is 1. The van der Waals surface area contributed by atoms with Crippen LogP contribution < -0.4 is 4.90 Å². The maximum Gasteiger partial charge on any atom is 0.410 e. The van der Waals surface area contributed by atoms with Crippen LogP contribution in [0.1, 0.15) is 41.5 Å². The van der Waals surface area contributed by atoms with Crippen molar-refractivity contribution in [1.82, 2.24) is 4.90 Å². The fourth-order valence-electron chi connectivity index (χ4n) is 2.64. The Kier molecular flexibility index (Phi) is 5.48. The van der Waals surface area contributed by atoms with Gasteiger partial charge in [-0.25, -0.2) is 18.4 Å². The number of carboxylic acid groups (broad SMARTS) is 1. The quantitative estimate of drug-likeness (QED) is 0.823. The fourth-order valence-corrected chi connectivity index (χ4v) is 2.64. The number of anilines is 1. The van der Waals surface area contributed by atoms with E-state index in [1.807, 2.05) is 0 Å². The molecular weight excluding hydrogens is 350 g/mol. The highest BCUT2D eigenvalue weighted by atomic mass is 19.1. The lowest BCUT2D eigenvalue weighted by Crippen LogP contribution is -2.50. The molecule has 0 unspecified atom stereocenters. The van der Waals surface area contributed by atoms with Gasteiger partial charge in [0.05, 0.1) is 11.1 Å². The Labute approximate surface area is 149 Å². The van der Waals surface area contributed by atoms with Crippen LogP contribution in [0.3, 0.4) is 0 Å². The van der Waals surface area contributed by atoms with Gasteiger partial charge in [0.1, 0.15) is 17.1 Å². The SMILES string of the molecule is CC(C)(C)OC(=O)N1CCN(c2c(F)cc(C(=O)O)c(C=O)c2F)CC1. The lowest BCUT2D eigenvalue weighted by atomic mass is 10.0. The summed E-state index contributed by atoms with van der Waals surface area (Å²) in [6.07, 6.45) is -0.466. The topological polar surface area (TPSA) is 87.2 Å². The molecular formula is C17H20F2N2O5. The number of hydrogen-bond donors (Lipinski definition) is 1. The first-order valence-corrected chi connectivity index (χ1v) is 7.98. The normalized spacial score (nSPS) is 15.0. The molecule has 0 bridgehead atoms. The zero-order valence-corrected chi connectivity index (χ0v) is 14.7. The Morgan fingerprint density at radius 3 is 2.23 bits per heavy atom. The van der Waals surface area contributed by atoms with Crippen molar-refractivity contribution >= 4 is 24.0 Å². The number of piperazine rings is 1. The highest BCUT2D eigenvalue weighted by Gasteiger charge is 2.30. The van der Waals surface area contributed by atoms with Gasteiger partial charge in [-0.15, -0.1) is 0 Å². The van der Waals surface area contributed by atoms with Crippen LogP contribution in [0.2, 0.25) is 0 Å². The van der Waals surface area contributed by atoms with Gasteiger partial charge in [0.25, 0.3) is 0 Å². The summed E-state index contributed by atoms with van der Waals surface area (Å²) >= 11 is 0. The molecule has 7 nitrogen and oxygen atoms in total. The van der Waals surface area contributed by atoms with Crippen molar-refractivity contribution in [2.45, 2.75) is 26.4 Å². The molecule has 0 spiro atoms. The van der Waals surface area contributed by atoms with E-state index in [-0.39, 0.29) is 32.5 Å². The van der Waals surface area contributed by atoms with E-state index < -0.39 is 46.1 Å². The van der Waals surface area contributed by atoms with Crippen LogP contribution in [-0.4, -0.2) is 60.1 Å². The summed E-state index contributed by atoms with van der Waals surface area (Å²) in [4.78, 5) is 36.9. The molecule has 1 aliphatic heterocycles. The van der Waals surface area contributed by atoms with E-state index in [4.69, 9.17) is 9.84 Å². The molecule has 1 saturated heterocycles. The van der Waals surface area contributed by atoms with E-state index >= 15 is 0 Å². The van der Waals surface area contributed by atoms with Crippen LogP contribution in [0.25, 0.3) is 0 Å². The minimum absolute atomic E-state index is 0.0542. The van der Waals surface area contributed by atoms with Crippen LogP contribution in [0, 0.1) is 11.6 Å². The molecule has 0 saturated carbocycles. The molecule has 2 rings (SSSR count). The Bertz CT molecular complexity index is 738. The molecule has 1 amide bonds. The van der Waals surface area contributed by atoms with Crippen molar-refractivity contribution in [3.63, 3.8) is 0 Å². The number of nitrogens with zero attached hydrogens (tertiary/aromatic N) is 2. The molecule has 26 heavy (non-hydrogen) atoms. The molecule has 1 heterocycles. The van der Waals surface area contributed by atoms with Gasteiger partial charge in [-0.1, -0.05) is 0 Å². The molecule has 9 heteroatoms. The Morgan fingerprint density at radius 1 is 1.19 bits per heavy atom. The number of carbonyl (C=O) groups excluding carboxylic acids is 2. The first kappa shape index (κ1) is 19.6. The lowest BCUT2D eigenvalue weighted by molar-refractivity contribution is 0.0240. The predicted octanol–water partition coefficient (Wildman–Crippen LogP) is 2.53. The minimum atomic E-state index is -1.59. The van der Waals surface area contributed by atoms with Crippen molar-refractivity contribution in [2.75, 3.05) is 31.1 Å². The van der Waals surface area contributed by atoms with E-state index in [2.05, 4.69) is 0 Å². The minimum Gasteiger partial charge on any atom is -0.478 e. The number of halogens is 2. The smallest absolute Gasteiger partial charge is 0.410 e. The third-order valence-electron chi connectivity index (χ3n) is 3.83. The van der Waals surface area contributed by atoms with E-state index in [9.17, 15) is 23.2 Å². The molecule has 0 radical (unpaired) electrons. The van der Waals surface area contributed by atoms with Crippen molar-refractivity contribution in [1.29, 1.82) is 0 Å². The molecule has 0 atom stereocenters. The number of amides is 1. The average molecular weight is 370 g/mol. The molecule has 1 N–H and O–H groups in total. The highest BCUT2D eigenvalue weighted by molar-refractivity contribution is 5.98. The Hall–Kier alpha value is -2.71. The second-order valence-corrected chi connectivity index (χ2v) is 6.86. The Morgan fingerprint density at radius 2 is 1.77 bits per heavy atom. The lowest BCUT2D eigenvalue weighted by Gasteiger charge is -2.37. The summed E-state index contributed by atoms with van der Waals surface area (Å²) in [6.45, 7) is 5.76. The summed E-state index contributed by atoms with van der Waals surface area (Å²) in [5.74, 6) is -3.88. The standard InChI is InChI=1S/C17H20F2N2O5/c1-17(2,3)26-16(25)21-6-4-20(5-7-21)14-12(18)8-10(15(23)24)11(9-22)13(14)19/h8-9H,4-7H2,1-3H3,(H,23,24). The Balaban J connectivity index is 2.21. The highest BCUT2D eigenvalue weighted by Crippen LogP contribution is 2.29. The molecule has 1 fully saturated rings. The molecule has 1 aromatic rings. The van der Waals surface area contributed by atoms with Crippen LogP contribution in [0.4, 0.5) is 19.3 Å². The number of aromatic carboxylic acids is 1. The van der Waals surface area contributed by atoms with Crippen LogP contribution >= 0.6 is 0 Å². The summed E-state index contributed by atoms with van der Waals surface area (Å²) < 4.78 is 34.1. The maximum atomic E-state index is 14.5. The molecule has 0 aromatic heterocycles. The van der Waals surface area contributed by atoms with E-state index in [1.54, 1.807) is 20.8 Å². The summed E-state index contributed by atoms with van der Waals surface area (Å²) in [5, 5.41) is 8.97. The van der Waals surface area contributed by atoms with E-state index in [0.717, 1.165) is 0 Å². The van der Waals surface area contributed by atoms with Crippen LogP contribution in [-0.2, 0) is 4.74 Å². The summed E-state index contributed by atoms with van der Waals surface area (Å²) in [5.41, 5.74) is -2.56. The van der Waals surface area contributed by atoms with Crippen molar-refractivity contribution in [3.8, 4) is 0 Å². The first-order valence-electron chi connectivity index (χ1n) is 7.98. The zero-order valence-electron chi connectivity index (χ0n) is 14.7. The van der Waals surface area contributed by atoms with Gasteiger partial charge in [0, 0.05) is 26.2 Å². The second kappa shape index (κ2) is 7.27. The molecule has 1 aliphatic rings. The number of ether oxygens (including phenoxy) is 1. The monoisotopic (exact) mass is 370 g/mol. The van der Waals surface area contributed by atoms with Gasteiger partial charge in [0.2, 0.25) is 0 Å². The van der Waals surface area contributed by atoms with Gasteiger partial charge < -0.3 is 19.6 Å². The largest absolute Gasteiger partial charge is 0.478 e. The maximum absolute atomic E-state index is 14.5. The number of carbonyl (C=O) groups is 3. The number of hydrogen-bond acceptors (Lipinski definition) is 5. The third kappa shape index (κ3) is 4.09. The van der Waals surface area contributed by atoms with Gasteiger partial charge in [-0.3, -0.25) is 4.79 Å². The zero-order chi connectivity index (χ0) is 19.6. The van der Waals surface area contributed by atoms with Gasteiger partial charge in [-0.05, 0) is 26.8 Å². The van der Waals surface area contributed by atoms with Crippen LogP contribution in [0.5, 0.6) is 0 Å². The van der Waals surface area contributed by atoms with E-state index in [1.165, 1.54) is 9.80 Å². The molecule has 142 valence electrons. The average Bonchev–Trinajstić information content (AvgIpc) is 2.53. The van der Waals surface area contributed by atoms with Gasteiger partial charge in [-0.2, -0.15) is 0 Å². The molecule has 1 aromatic carbocycles. The van der Waals surface area contributed by atoms with E-state index in [0.29, 0.717) is 6.07 Å². The van der Waals surface area contributed by atoms with Crippen molar-refractivity contribution in [3.05, 3.63) is 28.8 Å². The third-order valence-corrected chi connectivity index (χ3v) is 3.83. The fraction of sp³-hybridized carbons (Fsp3) is 0.471. The summed E-state index contributed by atoms with van der Waals surface area (Å²) in [7, 11) is 0. The van der Waals surface area contributed by atoms with Crippen LogP contribution in [0.15, 0.2) is 6.07 Å². The number of benzene rings is 1. The predicted molar refractivity (Wildman–Crippen MR) is 88.7 cm³/mol. The second-order valence-electron chi connectivity index (χ2n) is 6.86. The molecule has 0 aliphatic carbocycles. The van der Waals surface area contributed by atoms with Crippen molar-refractivity contribution in [2.24, 2.45) is 0 Å².